The lowest BCUT2D eigenvalue weighted by atomic mass is 10.1. The van der Waals surface area contributed by atoms with Gasteiger partial charge in [0, 0.05) is 37.4 Å². The van der Waals surface area contributed by atoms with E-state index in [1.54, 1.807) is 16.9 Å². The Bertz CT molecular complexity index is 707. The molecule has 1 aliphatic rings. The van der Waals surface area contributed by atoms with E-state index in [0.29, 0.717) is 12.4 Å². The van der Waals surface area contributed by atoms with E-state index >= 15 is 0 Å². The van der Waals surface area contributed by atoms with Crippen molar-refractivity contribution in [3.05, 3.63) is 24.5 Å². The molecule has 2 amide bonds. The highest BCUT2D eigenvalue weighted by atomic mass is 16.2. The first-order valence-electron chi connectivity index (χ1n) is 8.07. The van der Waals surface area contributed by atoms with Gasteiger partial charge in [0.15, 0.2) is 5.82 Å². The minimum Gasteiger partial charge on any atom is -0.323 e. The van der Waals surface area contributed by atoms with Crippen molar-refractivity contribution in [2.45, 2.75) is 25.8 Å². The van der Waals surface area contributed by atoms with Gasteiger partial charge in [0.2, 0.25) is 0 Å². The van der Waals surface area contributed by atoms with Crippen LogP contribution in [0.2, 0.25) is 0 Å². The summed E-state index contributed by atoms with van der Waals surface area (Å²) in [7, 11) is 1.85. The highest BCUT2D eigenvalue weighted by molar-refractivity contribution is 5.88. The van der Waals surface area contributed by atoms with E-state index in [0.717, 1.165) is 30.8 Å². The maximum atomic E-state index is 12.5. The zero-order valence-electron chi connectivity index (χ0n) is 14.3. The maximum Gasteiger partial charge on any atom is 0.323 e. The molecule has 0 unspecified atom stereocenters. The molecule has 0 aliphatic carbocycles. The van der Waals surface area contributed by atoms with Crippen LogP contribution in [-0.2, 0) is 7.05 Å². The second-order valence-electron chi connectivity index (χ2n) is 6.72. The number of anilines is 1. The van der Waals surface area contributed by atoms with Gasteiger partial charge in [-0.3, -0.25) is 10.00 Å². The molecular formula is C16H23N7O. The summed E-state index contributed by atoms with van der Waals surface area (Å²) in [5.74, 6) is 0.447. The summed E-state index contributed by atoms with van der Waals surface area (Å²) >= 11 is 0. The molecule has 128 valence electrons. The molecule has 3 rings (SSSR count). The normalized spacial score (nSPS) is 17.4. The first kappa shape index (κ1) is 16.4. The van der Waals surface area contributed by atoms with Crippen molar-refractivity contribution in [1.29, 1.82) is 0 Å². The molecule has 0 saturated carbocycles. The van der Waals surface area contributed by atoms with E-state index in [9.17, 15) is 4.79 Å². The van der Waals surface area contributed by atoms with Gasteiger partial charge in [-0.2, -0.15) is 5.10 Å². The number of nitrogens with one attached hydrogen (secondary N) is 2. The monoisotopic (exact) mass is 329 g/mol. The highest BCUT2D eigenvalue weighted by Crippen LogP contribution is 2.16. The van der Waals surface area contributed by atoms with Crippen molar-refractivity contribution in [2.75, 3.05) is 25.0 Å². The van der Waals surface area contributed by atoms with E-state index in [-0.39, 0.29) is 11.6 Å². The number of aromatic nitrogens is 4. The molecule has 8 heteroatoms. The van der Waals surface area contributed by atoms with Crippen LogP contribution < -0.4 is 10.6 Å². The lowest BCUT2D eigenvalue weighted by Gasteiger charge is -2.29. The number of urea groups is 1. The molecule has 0 spiro atoms. The Hall–Kier alpha value is -2.48. The van der Waals surface area contributed by atoms with Crippen molar-refractivity contribution in [2.24, 2.45) is 7.05 Å². The summed E-state index contributed by atoms with van der Waals surface area (Å²) in [5.41, 5.74) is 1.52. The fourth-order valence-corrected chi connectivity index (χ4v) is 2.78. The molecule has 24 heavy (non-hydrogen) atoms. The van der Waals surface area contributed by atoms with E-state index in [1.165, 1.54) is 0 Å². The van der Waals surface area contributed by atoms with Crippen LogP contribution in [0.4, 0.5) is 10.6 Å². The maximum absolute atomic E-state index is 12.5. The van der Waals surface area contributed by atoms with Gasteiger partial charge in [0.25, 0.3) is 0 Å². The molecule has 3 heterocycles. The van der Waals surface area contributed by atoms with Gasteiger partial charge < -0.3 is 10.2 Å². The fourth-order valence-electron chi connectivity index (χ4n) is 2.78. The van der Waals surface area contributed by atoms with Crippen molar-refractivity contribution in [3.63, 3.8) is 0 Å². The number of rotatable bonds is 2. The van der Waals surface area contributed by atoms with Gasteiger partial charge >= 0.3 is 6.03 Å². The zero-order valence-corrected chi connectivity index (χ0v) is 14.3. The van der Waals surface area contributed by atoms with Crippen molar-refractivity contribution in [1.82, 2.24) is 30.2 Å². The first-order valence-corrected chi connectivity index (χ1v) is 8.07. The average molecular weight is 329 g/mol. The fraction of sp³-hybridized carbons (Fsp3) is 0.500. The van der Waals surface area contributed by atoms with Crippen molar-refractivity contribution in [3.8, 4) is 11.3 Å². The minimum atomic E-state index is -0.143. The van der Waals surface area contributed by atoms with Crippen molar-refractivity contribution < 1.29 is 4.79 Å². The predicted molar refractivity (Wildman–Crippen MR) is 91.5 cm³/mol. The second-order valence-corrected chi connectivity index (χ2v) is 6.72. The van der Waals surface area contributed by atoms with E-state index < -0.39 is 0 Å². The van der Waals surface area contributed by atoms with E-state index in [4.69, 9.17) is 0 Å². The first-order chi connectivity index (χ1) is 11.4. The average Bonchev–Trinajstić information content (AvgIpc) is 2.88. The third-order valence-corrected chi connectivity index (χ3v) is 3.98. The molecule has 1 aliphatic heterocycles. The van der Waals surface area contributed by atoms with Crippen LogP contribution in [0.5, 0.6) is 0 Å². The third kappa shape index (κ3) is 3.88. The third-order valence-electron chi connectivity index (χ3n) is 3.98. The molecule has 0 radical (unpaired) electrons. The molecule has 2 aromatic heterocycles. The Morgan fingerprint density at radius 3 is 2.83 bits per heavy atom. The summed E-state index contributed by atoms with van der Waals surface area (Å²) in [5, 5.41) is 18.6. The Kier molecular flexibility index (Phi) is 4.48. The number of nitrogens with zero attached hydrogens (tertiary/aromatic N) is 5. The number of aryl methyl sites for hydroxylation is 1. The zero-order chi connectivity index (χ0) is 17.2. The molecule has 0 atom stereocenters. The Morgan fingerprint density at radius 2 is 2.17 bits per heavy atom. The van der Waals surface area contributed by atoms with Crippen LogP contribution in [0.25, 0.3) is 11.3 Å². The Labute approximate surface area is 141 Å². The van der Waals surface area contributed by atoms with Gasteiger partial charge in [-0.05, 0) is 38.9 Å². The molecule has 8 nitrogen and oxygen atoms in total. The number of carbonyl (C=O) groups is 1. The van der Waals surface area contributed by atoms with Gasteiger partial charge in [-0.15, -0.1) is 10.2 Å². The quantitative estimate of drug-likeness (QED) is 0.871. The SMILES string of the molecule is Cn1cc(-c2ccc(NC(=O)N3CCCNC(C)(C)C3)nn2)cn1. The highest BCUT2D eigenvalue weighted by Gasteiger charge is 2.27. The summed E-state index contributed by atoms with van der Waals surface area (Å²) in [6.07, 6.45) is 4.53. The molecular weight excluding hydrogens is 306 g/mol. The van der Waals surface area contributed by atoms with Gasteiger partial charge in [0.05, 0.1) is 11.9 Å². The Balaban J connectivity index is 1.66. The smallest absolute Gasteiger partial charge is 0.323 e. The lowest BCUT2D eigenvalue weighted by Crippen LogP contribution is -2.49. The standard InChI is InChI=1S/C16H23N7O/c1-16(2)11-23(8-4-7-17-16)15(24)19-14-6-5-13(20-21-14)12-9-18-22(3)10-12/h5-6,9-10,17H,4,7-8,11H2,1-3H3,(H,19,21,24). The summed E-state index contributed by atoms with van der Waals surface area (Å²) in [6, 6.07) is 3.44. The molecule has 2 N–H and O–H groups in total. The molecule has 1 saturated heterocycles. The topological polar surface area (TPSA) is 88.0 Å². The number of amides is 2. The summed E-state index contributed by atoms with van der Waals surface area (Å²) < 4.78 is 1.71. The van der Waals surface area contributed by atoms with Gasteiger partial charge in [-0.1, -0.05) is 0 Å². The molecule has 0 aromatic carbocycles. The number of carbonyl (C=O) groups excluding carboxylic acids is 1. The van der Waals surface area contributed by atoms with Crippen LogP contribution in [0.1, 0.15) is 20.3 Å². The van der Waals surface area contributed by atoms with Gasteiger partial charge in [-0.25, -0.2) is 4.79 Å². The molecule has 0 bridgehead atoms. The van der Waals surface area contributed by atoms with Crippen LogP contribution >= 0.6 is 0 Å². The van der Waals surface area contributed by atoms with Crippen LogP contribution in [0.3, 0.4) is 0 Å². The predicted octanol–water partition coefficient (Wildman–Crippen LogP) is 1.48. The molecule has 1 fully saturated rings. The van der Waals surface area contributed by atoms with Crippen molar-refractivity contribution >= 4 is 11.8 Å². The number of hydrogen-bond acceptors (Lipinski definition) is 5. The number of hydrogen-bond donors (Lipinski definition) is 2. The largest absolute Gasteiger partial charge is 0.323 e. The van der Waals surface area contributed by atoms with Crippen LogP contribution in [-0.4, -0.2) is 56.1 Å². The van der Waals surface area contributed by atoms with E-state index in [1.807, 2.05) is 24.2 Å². The van der Waals surface area contributed by atoms with Crippen LogP contribution in [0, 0.1) is 0 Å². The van der Waals surface area contributed by atoms with Gasteiger partial charge in [0.1, 0.15) is 0 Å². The summed E-state index contributed by atoms with van der Waals surface area (Å²) in [4.78, 5) is 14.3. The summed E-state index contributed by atoms with van der Waals surface area (Å²) in [6.45, 7) is 6.49. The Morgan fingerprint density at radius 1 is 1.33 bits per heavy atom. The minimum absolute atomic E-state index is 0.0936. The van der Waals surface area contributed by atoms with Crippen LogP contribution in [0.15, 0.2) is 24.5 Å². The lowest BCUT2D eigenvalue weighted by molar-refractivity contribution is 0.201. The molecule has 2 aromatic rings. The van der Waals surface area contributed by atoms with E-state index in [2.05, 4.69) is 39.8 Å². The second kappa shape index (κ2) is 6.56.